The number of hydrogen-bond acceptors (Lipinski definition) is 5. The molecule has 1 unspecified atom stereocenters. The first-order valence-electron chi connectivity index (χ1n) is 7.25. The van der Waals surface area contributed by atoms with Gasteiger partial charge >= 0.3 is 5.91 Å². The molecule has 8 heteroatoms. The summed E-state index contributed by atoms with van der Waals surface area (Å²) in [5.41, 5.74) is 1.88. The van der Waals surface area contributed by atoms with Crippen LogP contribution in [0.3, 0.4) is 0 Å². The number of carbonyl (C=O) groups is 1. The molecule has 2 atom stereocenters. The van der Waals surface area contributed by atoms with E-state index < -0.39 is 9.84 Å². The predicted molar refractivity (Wildman–Crippen MR) is 89.3 cm³/mol. The molecule has 122 valence electrons. The number of quaternary nitrogens is 1. The molecule has 2 heterocycles. The van der Waals surface area contributed by atoms with Crippen molar-refractivity contribution in [1.82, 2.24) is 0 Å². The van der Waals surface area contributed by atoms with E-state index in [4.69, 9.17) is 11.6 Å². The monoisotopic (exact) mass is 354 g/mol. The fourth-order valence-electron chi connectivity index (χ4n) is 2.75. The predicted octanol–water partition coefficient (Wildman–Crippen LogP) is 0.624. The van der Waals surface area contributed by atoms with Crippen molar-refractivity contribution in [2.75, 3.05) is 16.8 Å². The van der Waals surface area contributed by atoms with Crippen LogP contribution < -0.4 is 10.3 Å². The minimum atomic E-state index is -3.04. The first-order chi connectivity index (χ1) is 10.9. The van der Waals surface area contributed by atoms with Gasteiger partial charge in [-0.05, 0) is 31.2 Å². The summed E-state index contributed by atoms with van der Waals surface area (Å²) in [6.45, 7) is 1.75. The Kier molecular flexibility index (Phi) is 4.27. The number of sulfone groups is 1. The molecule has 1 saturated heterocycles. The Labute approximate surface area is 139 Å². The average Bonchev–Trinajstić information content (AvgIpc) is 2.99. The van der Waals surface area contributed by atoms with Crippen LogP contribution >= 0.6 is 11.6 Å². The molecule has 0 spiro atoms. The van der Waals surface area contributed by atoms with Gasteiger partial charge in [0.25, 0.3) is 0 Å². The van der Waals surface area contributed by atoms with Crippen molar-refractivity contribution in [3.8, 4) is 0 Å². The van der Waals surface area contributed by atoms with E-state index >= 15 is 0 Å². The maximum absolute atomic E-state index is 12.5. The minimum absolute atomic E-state index is 0.0166. The number of amides is 1. The standard InChI is InChI=1S/C15H16ClN3O3S/c1-10-14(8-17-12-4-2-11(16)3-5-12)15(20)19(18-10)13-6-7-23(21,22)9-13/h2-5,8,13,17H,6-7,9H2,1H3/p+1/b14-8+/t13-/m1/s1. The summed E-state index contributed by atoms with van der Waals surface area (Å²) in [6.07, 6.45) is 2.08. The lowest BCUT2D eigenvalue weighted by molar-refractivity contribution is -0.846. The molecule has 3 rings (SSSR count). The topological polar surface area (TPSA) is 80.0 Å². The van der Waals surface area contributed by atoms with Gasteiger partial charge in [0, 0.05) is 23.3 Å². The first kappa shape index (κ1) is 16.2. The third-order valence-corrected chi connectivity index (χ3v) is 6.02. The van der Waals surface area contributed by atoms with E-state index in [0.717, 1.165) is 5.69 Å². The van der Waals surface area contributed by atoms with Gasteiger partial charge in [0.15, 0.2) is 9.84 Å². The maximum atomic E-state index is 12.5. The lowest BCUT2D eigenvalue weighted by Crippen LogP contribution is -3.13. The second kappa shape index (κ2) is 6.07. The summed E-state index contributed by atoms with van der Waals surface area (Å²) >= 11 is 5.83. The second-order valence-corrected chi connectivity index (χ2v) is 8.39. The lowest BCUT2D eigenvalue weighted by Gasteiger charge is -2.11. The Bertz CT molecular complexity index is 800. The number of halogens is 1. The van der Waals surface area contributed by atoms with E-state index in [9.17, 15) is 13.2 Å². The molecule has 23 heavy (non-hydrogen) atoms. The van der Waals surface area contributed by atoms with Gasteiger partial charge in [-0.3, -0.25) is 0 Å². The fraction of sp³-hybridized carbons (Fsp3) is 0.333. The van der Waals surface area contributed by atoms with Crippen molar-refractivity contribution in [2.24, 2.45) is 5.10 Å². The zero-order valence-corrected chi connectivity index (χ0v) is 14.1. The molecule has 0 bridgehead atoms. The first-order valence-corrected chi connectivity index (χ1v) is 9.45. The molecule has 6 nitrogen and oxygen atoms in total. The van der Waals surface area contributed by atoms with Crippen molar-refractivity contribution in [3.63, 3.8) is 0 Å². The molecule has 1 aromatic rings. The van der Waals surface area contributed by atoms with Gasteiger partial charge in [0.2, 0.25) is 0 Å². The fourth-order valence-corrected chi connectivity index (χ4v) is 4.63. The van der Waals surface area contributed by atoms with Crippen LogP contribution in [0.5, 0.6) is 0 Å². The van der Waals surface area contributed by atoms with Crippen molar-refractivity contribution < 1.29 is 18.2 Å². The molecular weight excluding hydrogens is 338 g/mol. The highest BCUT2D eigenvalue weighted by Gasteiger charge is 2.44. The molecular formula is C15H17ClN3O3S+. The molecule has 2 aliphatic rings. The van der Waals surface area contributed by atoms with Crippen LogP contribution in [0.1, 0.15) is 13.3 Å². The van der Waals surface area contributed by atoms with Crippen molar-refractivity contribution >= 4 is 38.7 Å². The van der Waals surface area contributed by atoms with Crippen molar-refractivity contribution in [1.29, 1.82) is 0 Å². The highest BCUT2D eigenvalue weighted by Crippen LogP contribution is 2.15. The highest BCUT2D eigenvalue weighted by atomic mass is 35.5. The smallest absolute Gasteiger partial charge is 0.361 e. The number of benzene rings is 1. The van der Waals surface area contributed by atoms with Crippen LogP contribution in [0, 0.1) is 0 Å². The molecule has 1 fully saturated rings. The summed E-state index contributed by atoms with van der Waals surface area (Å²) in [7, 11) is -3.04. The molecule has 0 aromatic heterocycles. The number of nitrogens with zero attached hydrogens (tertiary/aromatic N) is 1. The Hall–Kier alpha value is -1.70. The van der Waals surface area contributed by atoms with Crippen molar-refractivity contribution in [2.45, 2.75) is 19.4 Å². The molecule has 1 aromatic carbocycles. The summed E-state index contributed by atoms with van der Waals surface area (Å²) in [5.74, 6) is -0.0422. The quantitative estimate of drug-likeness (QED) is 0.780. The molecule has 2 aliphatic heterocycles. The van der Waals surface area contributed by atoms with Gasteiger partial charge in [-0.15, -0.1) is 5.01 Å². The van der Waals surface area contributed by atoms with Gasteiger partial charge in [0.05, 0.1) is 5.75 Å². The van der Waals surface area contributed by atoms with Gasteiger partial charge in [-0.2, -0.15) is 0 Å². The summed E-state index contributed by atoms with van der Waals surface area (Å²) < 4.78 is 23.2. The van der Waals surface area contributed by atoms with Crippen LogP contribution in [0.4, 0.5) is 5.69 Å². The number of nitrogens with one attached hydrogen (secondary N) is 2. The van der Waals surface area contributed by atoms with Gasteiger partial charge in [0.1, 0.15) is 23.1 Å². The minimum Gasteiger partial charge on any atom is -0.361 e. The highest BCUT2D eigenvalue weighted by molar-refractivity contribution is 7.91. The summed E-state index contributed by atoms with van der Waals surface area (Å²) in [4.78, 5) is 12.5. The maximum Gasteiger partial charge on any atom is 0.374 e. The van der Waals surface area contributed by atoms with Crippen LogP contribution in [0.2, 0.25) is 5.02 Å². The number of anilines is 1. The van der Waals surface area contributed by atoms with Crippen molar-refractivity contribution in [3.05, 3.63) is 41.1 Å². The molecule has 1 amide bonds. The van der Waals surface area contributed by atoms with E-state index in [1.54, 1.807) is 37.4 Å². The Balaban J connectivity index is 1.75. The van der Waals surface area contributed by atoms with Crippen LogP contribution in [-0.4, -0.2) is 37.6 Å². The lowest BCUT2D eigenvalue weighted by atomic mass is 10.1. The zero-order valence-electron chi connectivity index (χ0n) is 12.5. The molecule has 0 radical (unpaired) electrons. The average molecular weight is 355 g/mol. The van der Waals surface area contributed by atoms with Crippen LogP contribution in [0.15, 0.2) is 41.1 Å². The largest absolute Gasteiger partial charge is 0.374 e. The Morgan fingerprint density at radius 3 is 2.65 bits per heavy atom. The van der Waals surface area contributed by atoms with Crippen LogP contribution in [-0.2, 0) is 14.6 Å². The third kappa shape index (κ3) is 3.46. The summed E-state index contributed by atoms with van der Waals surface area (Å²) in [5, 5.41) is 8.37. The number of rotatable bonds is 3. The van der Waals surface area contributed by atoms with E-state index in [1.807, 2.05) is 0 Å². The van der Waals surface area contributed by atoms with Gasteiger partial charge in [-0.25, -0.2) is 13.2 Å². The second-order valence-electron chi connectivity index (χ2n) is 5.72. The Morgan fingerprint density at radius 1 is 1.35 bits per heavy atom. The Morgan fingerprint density at radius 2 is 2.04 bits per heavy atom. The van der Waals surface area contributed by atoms with E-state index in [-0.39, 0.29) is 23.5 Å². The number of hydrogen-bond donors (Lipinski definition) is 2. The van der Waals surface area contributed by atoms with E-state index in [2.05, 4.69) is 10.4 Å². The molecule has 0 saturated carbocycles. The normalized spacial score (nSPS) is 28.2. The van der Waals surface area contributed by atoms with E-state index in [1.165, 1.54) is 0 Å². The van der Waals surface area contributed by atoms with Gasteiger partial charge < -0.3 is 5.32 Å². The molecule has 0 aliphatic carbocycles. The summed E-state index contributed by atoms with van der Waals surface area (Å²) in [6, 6.07) is 6.82. The number of carbonyl (C=O) groups excluding carboxylic acids is 1. The van der Waals surface area contributed by atoms with E-state index in [0.29, 0.717) is 27.7 Å². The third-order valence-electron chi connectivity index (χ3n) is 4.00. The molecule has 2 N–H and O–H groups in total. The van der Waals surface area contributed by atoms with Gasteiger partial charge in [-0.1, -0.05) is 16.7 Å². The zero-order chi connectivity index (χ0) is 16.6. The van der Waals surface area contributed by atoms with Crippen LogP contribution in [0.25, 0.3) is 0 Å². The SMILES string of the molecule is CC1=N[NH+]([C@@H]2CCS(=O)(=O)C2)C(=O)/C1=C/Nc1ccc(Cl)cc1.